The van der Waals surface area contributed by atoms with Crippen molar-refractivity contribution >= 4 is 11.5 Å². The van der Waals surface area contributed by atoms with Gasteiger partial charge in [0.1, 0.15) is 0 Å². The third kappa shape index (κ3) is 3.51. The van der Waals surface area contributed by atoms with Crippen LogP contribution in [0.3, 0.4) is 0 Å². The minimum absolute atomic E-state index is 0.125. The Hall–Kier alpha value is -2.13. The fourth-order valence-corrected chi connectivity index (χ4v) is 3.45. The number of benzene rings is 2. The molecule has 3 heteroatoms. The van der Waals surface area contributed by atoms with E-state index < -0.39 is 0 Å². The number of likely N-dealkylation sites (N-methyl/N-ethyl adjacent to an activating group) is 1. The maximum Gasteiger partial charge on any atom is 0.179 e. The van der Waals surface area contributed by atoms with Crippen LogP contribution in [0.5, 0.6) is 0 Å². The number of hydrogen-bond acceptors (Lipinski definition) is 3. The number of anilines is 1. The molecule has 2 unspecified atom stereocenters. The summed E-state index contributed by atoms with van der Waals surface area (Å²) < 4.78 is 0. The van der Waals surface area contributed by atoms with Crippen molar-refractivity contribution in [2.24, 2.45) is 0 Å². The minimum atomic E-state index is -0.125. The highest BCUT2D eigenvalue weighted by Crippen LogP contribution is 2.27. The topological polar surface area (TPSA) is 32.3 Å². The monoisotopic (exact) mass is 322 g/mol. The van der Waals surface area contributed by atoms with Gasteiger partial charge in [0.25, 0.3) is 0 Å². The summed E-state index contributed by atoms with van der Waals surface area (Å²) in [6, 6.07) is 16.7. The van der Waals surface area contributed by atoms with Crippen molar-refractivity contribution in [3.8, 4) is 0 Å². The number of hydrogen-bond donors (Lipinski definition) is 1. The molecule has 0 spiro atoms. The third-order valence-corrected chi connectivity index (χ3v) is 4.88. The van der Waals surface area contributed by atoms with Crippen LogP contribution in [0.4, 0.5) is 5.69 Å². The van der Waals surface area contributed by atoms with Crippen LogP contribution in [-0.2, 0) is 13.0 Å². The van der Waals surface area contributed by atoms with Crippen molar-refractivity contribution in [1.29, 1.82) is 0 Å². The van der Waals surface area contributed by atoms with E-state index in [2.05, 4.69) is 42.3 Å². The van der Waals surface area contributed by atoms with Crippen molar-refractivity contribution in [3.63, 3.8) is 0 Å². The number of Topliss-reactive ketones (excluding diaryl/α,β-unsaturated/α-hetero) is 1. The number of carbonyl (C=O) groups is 1. The molecule has 1 heterocycles. The number of rotatable bonds is 6. The van der Waals surface area contributed by atoms with Gasteiger partial charge in [0.05, 0.1) is 6.04 Å². The zero-order valence-corrected chi connectivity index (χ0v) is 14.8. The molecular weight excluding hydrogens is 296 g/mol. The quantitative estimate of drug-likeness (QED) is 0.811. The van der Waals surface area contributed by atoms with Crippen molar-refractivity contribution in [2.45, 2.75) is 45.8 Å². The van der Waals surface area contributed by atoms with Gasteiger partial charge in [-0.25, -0.2) is 0 Å². The summed E-state index contributed by atoms with van der Waals surface area (Å²) in [5, 5.41) is 3.44. The molecule has 3 rings (SSSR count). The molecule has 24 heavy (non-hydrogen) atoms. The summed E-state index contributed by atoms with van der Waals surface area (Å²) in [5.74, 6) is 0.204. The van der Waals surface area contributed by atoms with Crippen molar-refractivity contribution in [3.05, 3.63) is 65.2 Å². The fourth-order valence-electron chi connectivity index (χ4n) is 3.45. The summed E-state index contributed by atoms with van der Waals surface area (Å²) in [5.41, 5.74) is 4.49. The number of ketones is 1. The van der Waals surface area contributed by atoms with Crippen LogP contribution >= 0.6 is 0 Å². The van der Waals surface area contributed by atoms with Gasteiger partial charge in [0.2, 0.25) is 0 Å². The lowest BCUT2D eigenvalue weighted by molar-refractivity contribution is 0.0835. The summed E-state index contributed by atoms with van der Waals surface area (Å²) in [6.07, 6.45) is 0.992. The van der Waals surface area contributed by atoms with Gasteiger partial charge in [-0.2, -0.15) is 0 Å². The molecule has 0 radical (unpaired) electrons. The van der Waals surface area contributed by atoms with Gasteiger partial charge in [0, 0.05) is 23.8 Å². The van der Waals surface area contributed by atoms with E-state index in [-0.39, 0.29) is 11.8 Å². The molecule has 0 aliphatic carbocycles. The molecule has 1 aliphatic heterocycles. The first-order valence-corrected chi connectivity index (χ1v) is 8.80. The lowest BCUT2D eigenvalue weighted by Gasteiger charge is -2.27. The summed E-state index contributed by atoms with van der Waals surface area (Å²) >= 11 is 0. The molecule has 0 saturated heterocycles. The van der Waals surface area contributed by atoms with Crippen LogP contribution in [-0.4, -0.2) is 29.3 Å². The summed E-state index contributed by atoms with van der Waals surface area (Å²) in [4.78, 5) is 15.2. The van der Waals surface area contributed by atoms with E-state index in [4.69, 9.17) is 0 Å². The van der Waals surface area contributed by atoms with Crippen LogP contribution in [0.2, 0.25) is 0 Å². The second kappa shape index (κ2) is 7.18. The Labute approximate surface area is 144 Å². The minimum Gasteiger partial charge on any atom is -0.382 e. The van der Waals surface area contributed by atoms with Gasteiger partial charge in [-0.3, -0.25) is 9.69 Å². The standard InChI is InChI=1S/C21H26N2O/c1-4-23(14-17-8-6-5-7-9-17)16(3)21(24)18-10-11-20-19(13-18)12-15(2)22-20/h5-11,13,15-16,22H,4,12,14H2,1-3H3. The average Bonchev–Trinajstić information content (AvgIpc) is 2.98. The third-order valence-electron chi connectivity index (χ3n) is 4.88. The van der Waals surface area contributed by atoms with Crippen LogP contribution < -0.4 is 5.32 Å². The molecule has 0 saturated carbocycles. The molecule has 1 N–H and O–H groups in total. The maximum absolute atomic E-state index is 13.0. The van der Waals surface area contributed by atoms with Crippen molar-refractivity contribution < 1.29 is 4.79 Å². The number of carbonyl (C=O) groups excluding carboxylic acids is 1. The zero-order chi connectivity index (χ0) is 17.1. The highest BCUT2D eigenvalue weighted by Gasteiger charge is 2.24. The second-order valence-electron chi connectivity index (χ2n) is 6.71. The first-order chi connectivity index (χ1) is 11.6. The van der Waals surface area contributed by atoms with Gasteiger partial charge in [0.15, 0.2) is 5.78 Å². The zero-order valence-electron chi connectivity index (χ0n) is 14.8. The average molecular weight is 322 g/mol. The van der Waals surface area contributed by atoms with E-state index in [1.165, 1.54) is 16.8 Å². The Morgan fingerprint density at radius 3 is 2.71 bits per heavy atom. The van der Waals surface area contributed by atoms with Gasteiger partial charge in [-0.1, -0.05) is 37.3 Å². The number of nitrogens with zero attached hydrogens (tertiary/aromatic N) is 1. The van der Waals surface area contributed by atoms with Crippen LogP contribution in [0.1, 0.15) is 42.3 Å². The molecule has 0 amide bonds. The Bertz CT molecular complexity index is 711. The SMILES string of the molecule is CCN(Cc1ccccc1)C(C)C(=O)c1ccc2c(c1)CC(C)N2. The predicted molar refractivity (Wildman–Crippen MR) is 99.5 cm³/mol. The Morgan fingerprint density at radius 2 is 2.00 bits per heavy atom. The summed E-state index contributed by atoms with van der Waals surface area (Å²) in [7, 11) is 0. The predicted octanol–water partition coefficient (Wildman–Crippen LogP) is 4.14. The molecule has 2 aromatic carbocycles. The van der Waals surface area contributed by atoms with Gasteiger partial charge >= 0.3 is 0 Å². The maximum atomic E-state index is 13.0. The molecule has 126 valence electrons. The van der Waals surface area contributed by atoms with E-state index in [0.717, 1.165) is 25.1 Å². The molecule has 2 aromatic rings. The summed E-state index contributed by atoms with van der Waals surface area (Å²) in [6.45, 7) is 7.95. The number of fused-ring (bicyclic) bond motifs is 1. The molecule has 2 atom stereocenters. The first kappa shape index (κ1) is 16.7. The van der Waals surface area contributed by atoms with Gasteiger partial charge < -0.3 is 5.32 Å². The number of nitrogens with one attached hydrogen (secondary N) is 1. The van der Waals surface area contributed by atoms with E-state index in [9.17, 15) is 4.79 Å². The smallest absolute Gasteiger partial charge is 0.179 e. The van der Waals surface area contributed by atoms with E-state index >= 15 is 0 Å². The normalized spacial score (nSPS) is 17.4. The lowest BCUT2D eigenvalue weighted by atomic mass is 9.99. The Morgan fingerprint density at radius 1 is 1.25 bits per heavy atom. The highest BCUT2D eigenvalue weighted by atomic mass is 16.1. The fraction of sp³-hybridized carbons (Fsp3) is 0.381. The van der Waals surface area contributed by atoms with E-state index in [1.807, 2.05) is 37.3 Å². The van der Waals surface area contributed by atoms with Crippen LogP contribution in [0.25, 0.3) is 0 Å². The highest BCUT2D eigenvalue weighted by molar-refractivity contribution is 6.00. The van der Waals surface area contributed by atoms with E-state index in [1.54, 1.807) is 0 Å². The molecule has 0 aromatic heterocycles. The Kier molecular flexibility index (Phi) is 5.00. The largest absolute Gasteiger partial charge is 0.382 e. The first-order valence-electron chi connectivity index (χ1n) is 8.80. The van der Waals surface area contributed by atoms with Crippen LogP contribution in [0, 0.1) is 0 Å². The molecule has 0 bridgehead atoms. The molecule has 3 nitrogen and oxygen atoms in total. The molecule has 1 aliphatic rings. The Balaban J connectivity index is 1.75. The second-order valence-corrected chi connectivity index (χ2v) is 6.71. The van der Waals surface area contributed by atoms with Gasteiger partial charge in [-0.15, -0.1) is 0 Å². The molecular formula is C21H26N2O. The molecule has 0 fully saturated rings. The van der Waals surface area contributed by atoms with Gasteiger partial charge in [-0.05, 0) is 56.1 Å². The van der Waals surface area contributed by atoms with Crippen molar-refractivity contribution in [1.82, 2.24) is 4.90 Å². The van der Waals surface area contributed by atoms with E-state index in [0.29, 0.717) is 6.04 Å². The lowest BCUT2D eigenvalue weighted by Crippen LogP contribution is -2.38. The van der Waals surface area contributed by atoms with Crippen molar-refractivity contribution in [2.75, 3.05) is 11.9 Å². The van der Waals surface area contributed by atoms with Crippen LogP contribution in [0.15, 0.2) is 48.5 Å².